The summed E-state index contributed by atoms with van der Waals surface area (Å²) in [4.78, 5) is 26.6. The monoisotopic (exact) mass is 416 g/mol. The number of fused-ring (bicyclic) bond motifs is 1. The molecule has 0 bridgehead atoms. The van der Waals surface area contributed by atoms with Crippen LogP contribution in [0.1, 0.15) is 30.9 Å². The predicted molar refractivity (Wildman–Crippen MR) is 113 cm³/mol. The summed E-state index contributed by atoms with van der Waals surface area (Å²) in [7, 11) is 1.54. The molecule has 1 heterocycles. The van der Waals surface area contributed by atoms with Gasteiger partial charge in [-0.1, -0.05) is 37.6 Å². The van der Waals surface area contributed by atoms with E-state index in [0.717, 1.165) is 11.1 Å². The molecule has 0 radical (unpaired) electrons. The molecule has 0 saturated carbocycles. The van der Waals surface area contributed by atoms with Crippen molar-refractivity contribution >= 4 is 29.1 Å². The summed E-state index contributed by atoms with van der Waals surface area (Å²) >= 11 is 6.25. The van der Waals surface area contributed by atoms with Crippen LogP contribution in [0, 0.1) is 6.92 Å². The first-order valence-corrected chi connectivity index (χ1v) is 9.90. The van der Waals surface area contributed by atoms with Gasteiger partial charge in [0, 0.05) is 12.1 Å². The molecule has 3 rings (SSSR count). The zero-order chi connectivity index (χ0) is 21.1. The molecule has 7 heteroatoms. The smallest absolute Gasteiger partial charge is 0.265 e. The largest absolute Gasteiger partial charge is 0.483 e. The van der Waals surface area contributed by atoms with Crippen LogP contribution in [-0.2, 0) is 9.59 Å². The van der Waals surface area contributed by atoms with Crippen molar-refractivity contribution in [1.29, 1.82) is 0 Å². The van der Waals surface area contributed by atoms with Crippen LogP contribution in [0.25, 0.3) is 0 Å². The first-order chi connectivity index (χ1) is 13.8. The number of aryl methyl sites for hydroxylation is 1. The minimum atomic E-state index is -0.775. The van der Waals surface area contributed by atoms with Gasteiger partial charge in [0.15, 0.2) is 12.7 Å². The molecule has 1 aliphatic heterocycles. The van der Waals surface area contributed by atoms with Gasteiger partial charge in [-0.25, -0.2) is 0 Å². The Morgan fingerprint density at radius 1 is 1.31 bits per heavy atom. The normalized spacial score (nSPS) is 15.5. The maximum Gasteiger partial charge on any atom is 0.265 e. The number of ether oxygens (including phenoxy) is 2. The van der Waals surface area contributed by atoms with Crippen molar-refractivity contribution in [2.45, 2.75) is 32.8 Å². The topological polar surface area (TPSA) is 67.9 Å². The predicted octanol–water partition coefficient (Wildman–Crippen LogP) is 3.69. The van der Waals surface area contributed by atoms with Crippen LogP contribution in [-0.4, -0.2) is 38.1 Å². The van der Waals surface area contributed by atoms with Crippen LogP contribution in [0.4, 0.5) is 5.69 Å². The second-order valence-electron chi connectivity index (χ2n) is 7.28. The fourth-order valence-electron chi connectivity index (χ4n) is 3.23. The molecular formula is C22H25ClN2O4. The maximum atomic E-state index is 13.0. The van der Waals surface area contributed by atoms with E-state index in [9.17, 15) is 9.59 Å². The van der Waals surface area contributed by atoms with Crippen molar-refractivity contribution in [3.63, 3.8) is 0 Å². The molecular weight excluding hydrogens is 392 g/mol. The van der Waals surface area contributed by atoms with Gasteiger partial charge in [0.2, 0.25) is 0 Å². The third-order valence-corrected chi connectivity index (χ3v) is 5.28. The second-order valence-corrected chi connectivity index (χ2v) is 7.68. The first kappa shape index (κ1) is 21.0. The Bertz CT molecular complexity index is 929. The number of hydrogen-bond donors (Lipinski definition) is 1. The summed E-state index contributed by atoms with van der Waals surface area (Å²) in [6, 6.07) is 10.9. The van der Waals surface area contributed by atoms with Crippen LogP contribution in [0.5, 0.6) is 11.5 Å². The number of halogens is 1. The summed E-state index contributed by atoms with van der Waals surface area (Å²) in [6.07, 6.45) is -0.775. The van der Waals surface area contributed by atoms with E-state index in [-0.39, 0.29) is 30.9 Å². The van der Waals surface area contributed by atoms with E-state index in [2.05, 4.69) is 5.32 Å². The van der Waals surface area contributed by atoms with Gasteiger partial charge >= 0.3 is 0 Å². The molecule has 0 unspecified atom stereocenters. The fraction of sp³-hybridized carbons (Fsp3) is 0.364. The van der Waals surface area contributed by atoms with E-state index >= 15 is 0 Å². The summed E-state index contributed by atoms with van der Waals surface area (Å²) in [5, 5.41) is 3.24. The summed E-state index contributed by atoms with van der Waals surface area (Å²) in [5.74, 6) is 0.788. The zero-order valence-corrected chi connectivity index (χ0v) is 17.7. The standard InChI is InChI=1S/C22H25ClN2O4/c1-13(2)15-10-16(23)14(3)9-19(15)28-12-21(26)25-11-20(22(27)24-4)29-18-8-6-5-7-17(18)25/h5-10,13,20H,11-12H2,1-4H3,(H,24,27)/t20-/m0/s1. The average molecular weight is 417 g/mol. The molecule has 1 N–H and O–H groups in total. The molecule has 2 aromatic rings. The third kappa shape index (κ3) is 4.48. The summed E-state index contributed by atoms with van der Waals surface area (Å²) < 4.78 is 11.6. The van der Waals surface area contributed by atoms with Crippen LogP contribution in [0.15, 0.2) is 36.4 Å². The number of anilines is 1. The number of carbonyl (C=O) groups is 2. The Hall–Kier alpha value is -2.73. The van der Waals surface area contributed by atoms with Gasteiger partial charge in [-0.3, -0.25) is 9.59 Å². The number of nitrogens with zero attached hydrogens (tertiary/aromatic N) is 1. The molecule has 0 aliphatic carbocycles. The lowest BCUT2D eigenvalue weighted by molar-refractivity contribution is -0.128. The van der Waals surface area contributed by atoms with Crippen molar-refractivity contribution in [2.24, 2.45) is 0 Å². The van der Waals surface area contributed by atoms with E-state index in [1.807, 2.05) is 39.0 Å². The van der Waals surface area contributed by atoms with Crippen LogP contribution in [0.2, 0.25) is 5.02 Å². The number of amides is 2. The Labute approximate surface area is 175 Å². The first-order valence-electron chi connectivity index (χ1n) is 9.52. The lowest BCUT2D eigenvalue weighted by atomic mass is 10.0. The van der Waals surface area contributed by atoms with Crippen LogP contribution < -0.4 is 19.7 Å². The van der Waals surface area contributed by atoms with E-state index < -0.39 is 6.10 Å². The zero-order valence-electron chi connectivity index (χ0n) is 17.0. The van der Waals surface area contributed by atoms with E-state index in [0.29, 0.717) is 22.2 Å². The van der Waals surface area contributed by atoms with E-state index in [1.54, 1.807) is 18.2 Å². The molecule has 1 aliphatic rings. The number of benzene rings is 2. The Kier molecular flexibility index (Phi) is 6.33. The highest BCUT2D eigenvalue weighted by Gasteiger charge is 2.33. The van der Waals surface area contributed by atoms with Crippen molar-refractivity contribution in [2.75, 3.05) is 25.1 Å². The molecule has 2 aromatic carbocycles. The highest BCUT2D eigenvalue weighted by Crippen LogP contribution is 2.34. The highest BCUT2D eigenvalue weighted by molar-refractivity contribution is 6.31. The van der Waals surface area contributed by atoms with Gasteiger partial charge in [-0.15, -0.1) is 0 Å². The lowest BCUT2D eigenvalue weighted by Crippen LogP contribution is -2.51. The van der Waals surface area contributed by atoms with E-state index in [4.69, 9.17) is 21.1 Å². The quantitative estimate of drug-likeness (QED) is 0.807. The Balaban J connectivity index is 1.82. The van der Waals surface area contributed by atoms with Gasteiger partial charge in [0.25, 0.3) is 11.8 Å². The molecule has 0 aromatic heterocycles. The van der Waals surface area contributed by atoms with Crippen molar-refractivity contribution in [1.82, 2.24) is 5.32 Å². The lowest BCUT2D eigenvalue weighted by Gasteiger charge is -2.34. The van der Waals surface area contributed by atoms with Gasteiger partial charge < -0.3 is 19.7 Å². The van der Waals surface area contributed by atoms with Gasteiger partial charge in [-0.05, 0) is 48.2 Å². The molecule has 0 spiro atoms. The minimum absolute atomic E-state index is 0.121. The number of rotatable bonds is 5. The summed E-state index contributed by atoms with van der Waals surface area (Å²) in [6.45, 7) is 5.95. The van der Waals surface area contributed by atoms with Crippen molar-refractivity contribution in [3.8, 4) is 11.5 Å². The highest BCUT2D eigenvalue weighted by atomic mass is 35.5. The second kappa shape index (κ2) is 8.74. The van der Waals surface area contributed by atoms with Gasteiger partial charge in [0.05, 0.1) is 12.2 Å². The van der Waals surface area contributed by atoms with Crippen LogP contribution in [0.3, 0.4) is 0 Å². The SMILES string of the molecule is CNC(=O)[C@@H]1CN(C(=O)COc2cc(C)c(Cl)cc2C(C)C)c2ccccc2O1. The fourth-order valence-corrected chi connectivity index (χ4v) is 3.40. The van der Waals surface area contributed by atoms with Gasteiger partial charge in [0.1, 0.15) is 11.5 Å². The van der Waals surface area contributed by atoms with E-state index in [1.165, 1.54) is 11.9 Å². The molecule has 0 fully saturated rings. The molecule has 0 saturated heterocycles. The Morgan fingerprint density at radius 3 is 2.72 bits per heavy atom. The van der Waals surface area contributed by atoms with Gasteiger partial charge in [-0.2, -0.15) is 0 Å². The molecule has 1 atom stereocenters. The number of nitrogens with one attached hydrogen (secondary N) is 1. The molecule has 6 nitrogen and oxygen atoms in total. The van der Waals surface area contributed by atoms with Crippen LogP contribution >= 0.6 is 11.6 Å². The number of hydrogen-bond acceptors (Lipinski definition) is 4. The van der Waals surface area contributed by atoms with Crippen molar-refractivity contribution in [3.05, 3.63) is 52.5 Å². The molecule has 2 amide bonds. The Morgan fingerprint density at radius 2 is 2.03 bits per heavy atom. The number of para-hydroxylation sites is 2. The molecule has 154 valence electrons. The van der Waals surface area contributed by atoms with Crippen molar-refractivity contribution < 1.29 is 19.1 Å². The minimum Gasteiger partial charge on any atom is -0.483 e. The molecule has 29 heavy (non-hydrogen) atoms. The number of likely N-dealkylation sites (N-methyl/N-ethyl adjacent to an activating group) is 1. The number of carbonyl (C=O) groups excluding carboxylic acids is 2. The summed E-state index contributed by atoms with van der Waals surface area (Å²) in [5.41, 5.74) is 2.45. The average Bonchev–Trinajstić information content (AvgIpc) is 2.72. The third-order valence-electron chi connectivity index (χ3n) is 4.88. The maximum absolute atomic E-state index is 13.0.